The molecule has 24 heteroatoms. The van der Waals surface area contributed by atoms with Crippen molar-refractivity contribution < 1.29 is 57.5 Å². The van der Waals surface area contributed by atoms with Crippen LogP contribution < -0.4 is 67.1 Å². The van der Waals surface area contributed by atoms with Gasteiger partial charge in [-0.25, -0.2) is 9.59 Å². The van der Waals surface area contributed by atoms with E-state index in [1.165, 1.54) is 0 Å². The Kier molecular flexibility index (Phi) is 71.8. The molecule has 0 aromatic heterocycles. The van der Waals surface area contributed by atoms with Gasteiger partial charge in [0, 0.05) is 89.0 Å². The van der Waals surface area contributed by atoms with Gasteiger partial charge in [-0.05, 0) is 167 Å². The van der Waals surface area contributed by atoms with Gasteiger partial charge < -0.3 is 67.1 Å². The summed E-state index contributed by atoms with van der Waals surface area (Å²) in [6, 6.07) is 15.6. The minimum Gasteiger partial charge on any atom is -0.352 e. The summed E-state index contributed by atoms with van der Waals surface area (Å²) in [5.74, 6) is 2.19. The van der Waals surface area contributed by atoms with Gasteiger partial charge in [0.15, 0.2) is 28.9 Å². The molecule has 2 aromatic rings. The second kappa shape index (κ2) is 69.8. The van der Waals surface area contributed by atoms with Crippen molar-refractivity contribution in [1.29, 1.82) is 0 Å². The molecule has 2 rings (SSSR count). The van der Waals surface area contributed by atoms with E-state index in [0.29, 0.717) is 84.1 Å². The number of nitrogens with two attached hydrogens (primary N) is 8. The fourth-order valence-corrected chi connectivity index (χ4v) is 13.7. The third-order valence-corrected chi connectivity index (χ3v) is 20.8. The molecular formula is C108H204N12O12. The fraction of sp³-hybridized carbons (Fsp3) is 0.778. The number of benzene rings is 2. The highest BCUT2D eigenvalue weighted by atomic mass is 16.2. The summed E-state index contributed by atoms with van der Waals surface area (Å²) in [5.41, 5.74) is 44.5. The summed E-state index contributed by atoms with van der Waals surface area (Å²) in [6.45, 7) is 75.0. The first-order valence-corrected chi connectivity index (χ1v) is 49.5. The third kappa shape index (κ3) is 73.4. The number of ketones is 8. The molecule has 768 valence electrons. The quantitative estimate of drug-likeness (QED) is 0.0274. The summed E-state index contributed by atoms with van der Waals surface area (Å²) in [7, 11) is 0. The Hall–Kier alpha value is -6.96. The monoisotopic (exact) mass is 1860 g/mol. The van der Waals surface area contributed by atoms with E-state index in [0.717, 1.165) is 86.7 Å². The molecule has 20 N–H and O–H groups in total. The predicted octanol–water partition coefficient (Wildman–Crippen LogP) is 19.5. The van der Waals surface area contributed by atoms with E-state index in [9.17, 15) is 57.5 Å². The number of primary amides is 2. The van der Waals surface area contributed by atoms with Gasteiger partial charge in [0.25, 0.3) is 0 Å². The van der Waals surface area contributed by atoms with Crippen molar-refractivity contribution in [2.45, 2.75) is 408 Å². The van der Waals surface area contributed by atoms with E-state index >= 15 is 0 Å². The number of unbranched alkanes of at least 4 members (excludes halogenated alkanes) is 3. The molecule has 0 aliphatic carbocycles. The standard InChI is InChI=1S/2C20H39N3O3.2C20H32N2O2.C16H32N2O2.3C4H10/c2*1-13(2)14(12-19(3,4)5)17(25)23-15(16(24)20(6,7)8)10-9-11-22-18(21)26;2*1-20(2,3)19(24)16(11-7-8-12-21)14-18(23)17(22)13-15-9-5-4-6-10-15;1-11(2)14(18)13(19)10-12(8-6-7-9-17)15(20)16(3,4)5;3*1-4(2)3/h2*13-15H,9-12H2,1-8H3,(H,23,25)(H3,21,22,26);2*4-6,9-10,16-17H,7-8,11-14,21-22H2,1-3H3;11-12,14H,6-10,17-18H2,1-5H3;3*4H,1-3H3/t14-,15-;;16-,17+;;;;;/m0.1...../s1. The van der Waals surface area contributed by atoms with Crippen LogP contribution in [0.5, 0.6) is 0 Å². The lowest BCUT2D eigenvalue weighted by molar-refractivity contribution is -0.135. The number of carbonyl (C=O) groups is 12. The Balaban J connectivity index is -0.000000364. The van der Waals surface area contributed by atoms with E-state index in [-0.39, 0.29) is 136 Å². The highest BCUT2D eigenvalue weighted by Crippen LogP contribution is 2.34. The average molecular weight is 1860 g/mol. The molecular weight excluding hydrogens is 1660 g/mol. The Labute approximate surface area is 805 Å². The predicted molar refractivity (Wildman–Crippen MR) is 553 cm³/mol. The maximum absolute atomic E-state index is 12.9. The van der Waals surface area contributed by atoms with Gasteiger partial charge in [-0.3, -0.25) is 47.9 Å². The lowest BCUT2D eigenvalue weighted by Gasteiger charge is -2.31. The van der Waals surface area contributed by atoms with Crippen molar-refractivity contribution in [3.63, 3.8) is 0 Å². The molecule has 0 aliphatic heterocycles. The van der Waals surface area contributed by atoms with Gasteiger partial charge in [0.1, 0.15) is 17.3 Å². The Bertz CT molecular complexity index is 3300. The van der Waals surface area contributed by atoms with Crippen LogP contribution in [-0.2, 0) is 60.8 Å². The number of hydrogen-bond donors (Lipinski definition) is 12. The summed E-state index contributed by atoms with van der Waals surface area (Å²) in [4.78, 5) is 148. The molecule has 0 spiro atoms. The van der Waals surface area contributed by atoms with E-state index in [1.807, 2.05) is 206 Å². The summed E-state index contributed by atoms with van der Waals surface area (Å²) < 4.78 is 0. The maximum atomic E-state index is 12.9. The van der Waals surface area contributed by atoms with E-state index in [2.05, 4.69) is 125 Å². The van der Waals surface area contributed by atoms with E-state index < -0.39 is 69.3 Å². The largest absolute Gasteiger partial charge is 0.352 e. The van der Waals surface area contributed by atoms with Gasteiger partial charge in [-0.1, -0.05) is 329 Å². The second-order valence-electron chi connectivity index (χ2n) is 46.8. The molecule has 132 heavy (non-hydrogen) atoms. The molecule has 0 aliphatic rings. The van der Waals surface area contributed by atoms with Crippen molar-refractivity contribution in [2.24, 2.45) is 149 Å². The molecule has 24 nitrogen and oxygen atoms in total. The minimum atomic E-state index is -0.585. The molecule has 0 fully saturated rings. The molecule has 0 radical (unpaired) electrons. The van der Waals surface area contributed by atoms with Crippen molar-refractivity contribution in [3.8, 4) is 0 Å². The van der Waals surface area contributed by atoms with Crippen LogP contribution in [0.1, 0.15) is 376 Å². The zero-order chi connectivity index (χ0) is 104. The van der Waals surface area contributed by atoms with Gasteiger partial charge in [0.2, 0.25) is 11.8 Å². The normalized spacial score (nSPS) is 14.1. The number of hydrogen-bond acceptors (Lipinski definition) is 18. The highest BCUT2D eigenvalue weighted by molar-refractivity contribution is 5.96. The molecule has 2 aromatic carbocycles. The number of rotatable bonds is 47. The summed E-state index contributed by atoms with van der Waals surface area (Å²) in [5, 5.41) is 11.0. The second-order valence-corrected chi connectivity index (χ2v) is 46.8. The Morgan fingerprint density at radius 1 is 0.311 bits per heavy atom. The van der Waals surface area contributed by atoms with Crippen molar-refractivity contribution in [3.05, 3.63) is 71.8 Å². The molecule has 0 saturated heterocycles. The first-order valence-electron chi connectivity index (χ1n) is 49.5. The Morgan fingerprint density at radius 2 is 0.545 bits per heavy atom. The number of amides is 6. The maximum Gasteiger partial charge on any atom is 0.312 e. The van der Waals surface area contributed by atoms with Crippen LogP contribution in [0.3, 0.4) is 0 Å². The first-order chi connectivity index (χ1) is 60.1. The van der Waals surface area contributed by atoms with Gasteiger partial charge in [-0.2, -0.15) is 0 Å². The molecule has 6 unspecified atom stereocenters. The number of carbonyl (C=O) groups excluding carboxylic acids is 12. The summed E-state index contributed by atoms with van der Waals surface area (Å²) >= 11 is 0. The minimum absolute atomic E-state index is 0.00295. The van der Waals surface area contributed by atoms with Crippen molar-refractivity contribution in [2.75, 3.05) is 32.7 Å². The zero-order valence-corrected chi connectivity index (χ0v) is 90.7. The SMILES string of the molecule is CC(C)(C)C(=O)C(CCCCN)CC(=O)C(N)Cc1ccccc1.CC(C)(C)C(=O)[C@H](CCCCN)CC(=O)[C@@H](N)Cc1ccccc1.CC(C)C.CC(C)C.CC(C)C.CC(C)C(CC(C)(C)C)C(=O)NC(CCCNC(N)=O)C(=O)C(C)(C)C.CC(C)C(N)C(=O)CC(CCCCN)C(=O)C(C)(C)C.CC(C)[C@H](CC(C)(C)C)C(=O)N[C@@H](CCCNC(N)=O)C(=O)C(C)(C)C. The van der Waals surface area contributed by atoms with Gasteiger partial charge >= 0.3 is 12.1 Å². The first kappa shape index (κ1) is 136. The van der Waals surface area contributed by atoms with Crippen LogP contribution in [0, 0.1) is 103 Å². The molecule has 0 bridgehead atoms. The number of urea groups is 2. The lowest BCUT2D eigenvalue weighted by atomic mass is 9.78. The van der Waals surface area contributed by atoms with Crippen LogP contribution >= 0.6 is 0 Å². The van der Waals surface area contributed by atoms with Crippen LogP contribution in [-0.4, -0.2) is 133 Å². The number of nitrogens with one attached hydrogen (secondary N) is 4. The molecule has 0 saturated carbocycles. The topological polar surface area (TPSA) is 461 Å². The molecule has 10 atom stereocenters. The van der Waals surface area contributed by atoms with E-state index in [1.54, 1.807) is 0 Å². The third-order valence-electron chi connectivity index (χ3n) is 20.8. The van der Waals surface area contributed by atoms with Crippen LogP contribution in [0.25, 0.3) is 0 Å². The smallest absolute Gasteiger partial charge is 0.312 e. The van der Waals surface area contributed by atoms with Crippen LogP contribution in [0.4, 0.5) is 9.59 Å². The van der Waals surface area contributed by atoms with Crippen molar-refractivity contribution in [1.82, 2.24) is 21.3 Å². The fourth-order valence-electron chi connectivity index (χ4n) is 13.7. The summed E-state index contributed by atoms with van der Waals surface area (Å²) in [6.07, 6.45) is 12.7. The average Bonchev–Trinajstić information content (AvgIpc) is 0.826. The number of Topliss-reactive ketones (excluding diaryl/α,β-unsaturated/α-hetero) is 8. The van der Waals surface area contributed by atoms with Crippen molar-refractivity contribution >= 4 is 70.1 Å². The highest BCUT2D eigenvalue weighted by Gasteiger charge is 2.39. The zero-order valence-electron chi connectivity index (χ0n) is 90.7. The van der Waals surface area contributed by atoms with Gasteiger partial charge in [0.05, 0.1) is 30.2 Å². The van der Waals surface area contributed by atoms with Crippen LogP contribution in [0.2, 0.25) is 0 Å². The Morgan fingerprint density at radius 3 is 0.742 bits per heavy atom. The molecule has 0 heterocycles. The molecule has 6 amide bonds. The lowest BCUT2D eigenvalue weighted by Crippen LogP contribution is -2.49. The van der Waals surface area contributed by atoms with Gasteiger partial charge in [-0.15, -0.1) is 0 Å². The van der Waals surface area contributed by atoms with E-state index in [4.69, 9.17) is 45.9 Å². The van der Waals surface area contributed by atoms with Crippen LogP contribution in [0.15, 0.2) is 60.7 Å².